The van der Waals surface area contributed by atoms with Crippen molar-refractivity contribution in [3.05, 3.63) is 52.7 Å². The molecule has 7 nitrogen and oxygen atoms in total. The van der Waals surface area contributed by atoms with Crippen LogP contribution in [-0.4, -0.2) is 31.7 Å². The van der Waals surface area contributed by atoms with Crippen molar-refractivity contribution in [1.29, 1.82) is 0 Å². The molecule has 1 N–H and O–H groups in total. The van der Waals surface area contributed by atoms with E-state index in [1.165, 1.54) is 29.8 Å². The van der Waals surface area contributed by atoms with Gasteiger partial charge in [-0.25, -0.2) is 14.2 Å². The summed E-state index contributed by atoms with van der Waals surface area (Å²) >= 11 is 1.65. The average molecular weight is 423 g/mol. The van der Waals surface area contributed by atoms with Crippen LogP contribution in [0.1, 0.15) is 54.4 Å². The molecule has 1 aliphatic heterocycles. The van der Waals surface area contributed by atoms with Gasteiger partial charge in [0.1, 0.15) is 24.3 Å². The maximum atomic E-state index is 4.88. The van der Waals surface area contributed by atoms with Crippen LogP contribution in [0.15, 0.2) is 35.0 Å². The largest absolute Gasteiger partial charge is 0.316 e. The molecule has 3 aromatic heterocycles. The fourth-order valence-corrected chi connectivity index (χ4v) is 4.62. The molecular weight excluding hydrogens is 394 g/mol. The highest BCUT2D eigenvalue weighted by molar-refractivity contribution is 7.13. The topological polar surface area (TPSA) is 63.9 Å². The minimum Gasteiger partial charge on any atom is -0.316 e. The van der Waals surface area contributed by atoms with Gasteiger partial charge in [-0.15, -0.1) is 16.3 Å². The number of nitrogens with zero attached hydrogens (tertiary/aromatic N) is 6. The summed E-state index contributed by atoms with van der Waals surface area (Å²) in [7, 11) is 2.05. The third-order valence-corrected chi connectivity index (χ3v) is 6.75. The third kappa shape index (κ3) is 3.49. The summed E-state index contributed by atoms with van der Waals surface area (Å²) < 4.78 is 6.34. The van der Waals surface area contributed by atoms with Gasteiger partial charge >= 0.3 is 0 Å². The summed E-state index contributed by atoms with van der Waals surface area (Å²) in [5.74, 6) is 2.29. The third-order valence-electron chi connectivity index (χ3n) is 5.97. The van der Waals surface area contributed by atoms with E-state index in [-0.39, 0.29) is 5.92 Å². The zero-order chi connectivity index (χ0) is 20.8. The molecule has 0 aromatic carbocycles. The summed E-state index contributed by atoms with van der Waals surface area (Å²) in [6.45, 7) is 7.13. The van der Waals surface area contributed by atoms with Crippen molar-refractivity contribution in [3.8, 4) is 0 Å². The summed E-state index contributed by atoms with van der Waals surface area (Å²) in [6.07, 6.45) is 11.9. The van der Waals surface area contributed by atoms with Crippen molar-refractivity contribution in [3.63, 3.8) is 0 Å². The fourth-order valence-electron chi connectivity index (χ4n) is 3.85. The molecule has 4 heterocycles. The first-order chi connectivity index (χ1) is 14.5. The van der Waals surface area contributed by atoms with E-state index < -0.39 is 0 Å². The summed E-state index contributed by atoms with van der Waals surface area (Å²) in [5, 5.41) is 11.5. The Morgan fingerprint density at radius 3 is 2.77 bits per heavy atom. The maximum Gasteiger partial charge on any atom is 0.260 e. The van der Waals surface area contributed by atoms with Crippen molar-refractivity contribution < 1.29 is 4.57 Å². The lowest BCUT2D eigenvalue weighted by Gasteiger charge is -2.10. The first-order valence-corrected chi connectivity index (χ1v) is 11.5. The zero-order valence-corrected chi connectivity index (χ0v) is 18.8. The molecule has 5 rings (SSSR count). The Labute approximate surface area is 180 Å². The van der Waals surface area contributed by atoms with E-state index in [9.17, 15) is 0 Å². The van der Waals surface area contributed by atoms with Gasteiger partial charge in [0.15, 0.2) is 11.5 Å². The number of aliphatic imine (C=N–C) groups is 1. The number of nitrogens with one attached hydrogen (secondary N) is 1. The van der Waals surface area contributed by atoms with Crippen LogP contribution in [0.2, 0.25) is 0 Å². The smallest absolute Gasteiger partial charge is 0.260 e. The van der Waals surface area contributed by atoms with Crippen molar-refractivity contribution >= 4 is 28.1 Å². The molecule has 156 valence electrons. The van der Waals surface area contributed by atoms with E-state index in [0.717, 1.165) is 35.4 Å². The van der Waals surface area contributed by atoms with Crippen molar-refractivity contribution in [2.24, 2.45) is 12.0 Å². The molecule has 1 saturated carbocycles. The Morgan fingerprint density at radius 2 is 2.13 bits per heavy atom. The first-order valence-electron chi connectivity index (χ1n) is 10.6. The second-order valence-electron chi connectivity index (χ2n) is 8.22. The van der Waals surface area contributed by atoms with E-state index in [1.54, 1.807) is 11.3 Å². The molecule has 8 heteroatoms. The quantitative estimate of drug-likeness (QED) is 0.636. The maximum absolute atomic E-state index is 4.88. The standard InChI is InChI=1S/C22H28N7S/c1-5-18-15(3)21(29(26-18)17-7-8-17)25-22-24-19(12-30-22)16-6-9-20(23-10-16)28-11-14(2)27(4)13-28/h6,9,11-13,16-17H,5,7-8,10H2,1-4H3,(H,24,25)/q+1. The molecule has 0 saturated heterocycles. The molecule has 0 amide bonds. The number of aryl methyl sites for hydroxylation is 3. The molecule has 30 heavy (non-hydrogen) atoms. The SMILES string of the molecule is CCc1nn(C2CC2)c(Nc2nc(C3C=CC([n+]4cc(C)n(C)c4)=NC3)cs2)c1C. The molecule has 0 spiro atoms. The number of dihydropyridines is 1. The van der Waals surface area contributed by atoms with Gasteiger partial charge in [-0.3, -0.25) is 4.57 Å². The number of hydrogen-bond acceptors (Lipinski definition) is 5. The molecule has 1 atom stereocenters. The predicted octanol–water partition coefficient (Wildman–Crippen LogP) is 3.82. The Kier molecular flexibility index (Phi) is 4.81. The van der Waals surface area contributed by atoms with E-state index >= 15 is 0 Å². The molecule has 3 aromatic rings. The number of rotatable bonds is 5. The van der Waals surface area contributed by atoms with Gasteiger partial charge in [-0.1, -0.05) is 13.0 Å². The van der Waals surface area contributed by atoms with E-state index in [0.29, 0.717) is 6.04 Å². The average Bonchev–Trinajstić information content (AvgIpc) is 3.28. The van der Waals surface area contributed by atoms with Gasteiger partial charge in [0.25, 0.3) is 5.84 Å². The Balaban J connectivity index is 1.31. The van der Waals surface area contributed by atoms with Gasteiger partial charge in [-0.05, 0) is 33.1 Å². The second kappa shape index (κ2) is 7.50. The Bertz CT molecular complexity index is 1120. The van der Waals surface area contributed by atoms with E-state index in [4.69, 9.17) is 15.1 Å². The van der Waals surface area contributed by atoms with Crippen LogP contribution in [0.3, 0.4) is 0 Å². The monoisotopic (exact) mass is 422 g/mol. The van der Waals surface area contributed by atoms with Crippen molar-refractivity contribution in [2.75, 3.05) is 11.9 Å². The number of hydrogen-bond donors (Lipinski definition) is 1. The first kappa shape index (κ1) is 19.2. The lowest BCUT2D eigenvalue weighted by Crippen LogP contribution is -2.41. The highest BCUT2D eigenvalue weighted by Gasteiger charge is 2.29. The second-order valence-corrected chi connectivity index (χ2v) is 9.08. The highest BCUT2D eigenvalue weighted by atomic mass is 32.1. The Morgan fingerprint density at radius 1 is 1.30 bits per heavy atom. The van der Waals surface area contributed by atoms with Crippen LogP contribution in [0.5, 0.6) is 0 Å². The Hall–Kier alpha value is -2.74. The van der Waals surface area contributed by atoms with Crippen molar-refractivity contribution in [1.82, 2.24) is 19.3 Å². The van der Waals surface area contributed by atoms with Crippen LogP contribution in [0.4, 0.5) is 10.9 Å². The summed E-state index contributed by atoms with van der Waals surface area (Å²) in [4.78, 5) is 9.67. The normalized spacial score (nSPS) is 18.7. The van der Waals surface area contributed by atoms with E-state index in [2.05, 4.69) is 70.0 Å². The molecule has 1 aliphatic carbocycles. The molecule has 1 fully saturated rings. The van der Waals surface area contributed by atoms with Gasteiger partial charge in [0, 0.05) is 17.0 Å². The lowest BCUT2D eigenvalue weighted by atomic mass is 10.0. The van der Waals surface area contributed by atoms with Crippen LogP contribution >= 0.6 is 11.3 Å². The molecule has 2 aliphatic rings. The van der Waals surface area contributed by atoms with Gasteiger partial charge < -0.3 is 5.32 Å². The lowest BCUT2D eigenvalue weighted by molar-refractivity contribution is -0.553. The molecule has 0 bridgehead atoms. The minimum atomic E-state index is 0.214. The molecule has 0 radical (unpaired) electrons. The minimum absolute atomic E-state index is 0.214. The van der Waals surface area contributed by atoms with Crippen LogP contribution in [0, 0.1) is 13.8 Å². The van der Waals surface area contributed by atoms with Crippen LogP contribution in [0.25, 0.3) is 0 Å². The van der Waals surface area contributed by atoms with Crippen LogP contribution < -0.4 is 9.88 Å². The van der Waals surface area contributed by atoms with Crippen LogP contribution in [-0.2, 0) is 13.5 Å². The predicted molar refractivity (Wildman–Crippen MR) is 120 cm³/mol. The number of anilines is 2. The fraction of sp³-hybridized carbons (Fsp3) is 0.455. The van der Waals surface area contributed by atoms with Gasteiger partial charge in [0.05, 0.1) is 30.4 Å². The zero-order valence-electron chi connectivity index (χ0n) is 18.0. The molecule has 1 unspecified atom stereocenters. The highest BCUT2D eigenvalue weighted by Crippen LogP contribution is 2.40. The summed E-state index contributed by atoms with van der Waals surface area (Å²) in [6, 6.07) is 0.541. The van der Waals surface area contributed by atoms with Gasteiger partial charge in [0.2, 0.25) is 0 Å². The number of imidazole rings is 1. The molecular formula is C22H28N7S+. The number of thiazole rings is 1. The summed E-state index contributed by atoms with van der Waals surface area (Å²) in [5.41, 5.74) is 4.69. The number of allylic oxidation sites excluding steroid dienone is 1. The number of aromatic nitrogens is 5. The van der Waals surface area contributed by atoms with Gasteiger partial charge in [-0.2, -0.15) is 5.10 Å². The van der Waals surface area contributed by atoms with E-state index in [1.807, 2.05) is 7.05 Å². The van der Waals surface area contributed by atoms with Crippen molar-refractivity contribution in [2.45, 2.75) is 52.0 Å².